The van der Waals surface area contributed by atoms with Crippen molar-refractivity contribution in [2.45, 2.75) is 6.42 Å². The van der Waals surface area contributed by atoms with Gasteiger partial charge in [0.05, 0.1) is 16.7 Å². The minimum atomic E-state index is 0.127. The van der Waals surface area contributed by atoms with Crippen LogP contribution in [0.25, 0.3) is 16.7 Å². The van der Waals surface area contributed by atoms with Crippen molar-refractivity contribution in [2.75, 3.05) is 32.7 Å². The fourth-order valence-electron chi connectivity index (χ4n) is 4.07. The summed E-state index contributed by atoms with van der Waals surface area (Å²) in [5, 5.41) is 4.34. The molecule has 7 nitrogen and oxygen atoms in total. The lowest BCUT2D eigenvalue weighted by Gasteiger charge is -2.34. The van der Waals surface area contributed by atoms with Gasteiger partial charge in [-0.1, -0.05) is 18.2 Å². The third-order valence-corrected chi connectivity index (χ3v) is 5.75. The van der Waals surface area contributed by atoms with Crippen molar-refractivity contribution in [3.8, 4) is 5.69 Å². The molecule has 0 saturated carbocycles. The summed E-state index contributed by atoms with van der Waals surface area (Å²) in [5.41, 5.74) is 4.99. The molecule has 0 bridgehead atoms. The van der Waals surface area contributed by atoms with Gasteiger partial charge >= 0.3 is 0 Å². The fraction of sp³-hybridized carbons (Fsp3) is 0.261. The summed E-state index contributed by atoms with van der Waals surface area (Å²) in [4.78, 5) is 25.0. The summed E-state index contributed by atoms with van der Waals surface area (Å²) in [6, 6.07) is 13.4. The molecular formula is C23H24N6O. The van der Waals surface area contributed by atoms with Crippen molar-refractivity contribution >= 4 is 16.9 Å². The number of aromatic amines is 1. The van der Waals surface area contributed by atoms with E-state index in [1.165, 1.54) is 5.56 Å². The van der Waals surface area contributed by atoms with Crippen LogP contribution in [0.2, 0.25) is 0 Å². The van der Waals surface area contributed by atoms with Crippen LogP contribution in [0.5, 0.6) is 0 Å². The molecule has 1 aliphatic heterocycles. The Hall–Kier alpha value is -3.45. The van der Waals surface area contributed by atoms with Crippen molar-refractivity contribution in [1.29, 1.82) is 0 Å². The first-order valence-electron chi connectivity index (χ1n) is 10.3. The van der Waals surface area contributed by atoms with Crippen LogP contribution >= 0.6 is 0 Å². The number of H-pyrrole nitrogens is 1. The first-order chi connectivity index (χ1) is 14.8. The van der Waals surface area contributed by atoms with E-state index in [-0.39, 0.29) is 5.91 Å². The van der Waals surface area contributed by atoms with Gasteiger partial charge in [0.15, 0.2) is 0 Å². The third-order valence-electron chi connectivity index (χ3n) is 5.75. The highest BCUT2D eigenvalue weighted by Gasteiger charge is 2.22. The lowest BCUT2D eigenvalue weighted by Crippen LogP contribution is -2.49. The van der Waals surface area contributed by atoms with Crippen LogP contribution in [0.4, 0.5) is 0 Å². The second-order valence-corrected chi connectivity index (χ2v) is 7.57. The summed E-state index contributed by atoms with van der Waals surface area (Å²) < 4.78 is 1.85. The van der Waals surface area contributed by atoms with Crippen LogP contribution in [-0.2, 0) is 6.42 Å². The molecular weight excluding hydrogens is 376 g/mol. The number of aromatic nitrogens is 4. The first-order valence-corrected chi connectivity index (χ1v) is 10.3. The molecule has 152 valence electrons. The van der Waals surface area contributed by atoms with Crippen LogP contribution in [0.3, 0.4) is 0 Å². The normalized spacial score (nSPS) is 15.0. The van der Waals surface area contributed by atoms with Crippen molar-refractivity contribution in [3.63, 3.8) is 0 Å². The van der Waals surface area contributed by atoms with Gasteiger partial charge in [-0.3, -0.25) is 14.7 Å². The predicted molar refractivity (Wildman–Crippen MR) is 116 cm³/mol. The summed E-state index contributed by atoms with van der Waals surface area (Å²) in [5.74, 6) is 0.127. The molecule has 0 aliphatic carbocycles. The number of hydrogen-bond acceptors (Lipinski definition) is 4. The molecule has 0 atom stereocenters. The number of carbonyl (C=O) groups excluding carboxylic acids is 1. The Morgan fingerprint density at radius 1 is 1.00 bits per heavy atom. The highest BCUT2D eigenvalue weighted by molar-refractivity contribution is 5.94. The number of nitrogens with zero attached hydrogens (tertiary/aromatic N) is 5. The van der Waals surface area contributed by atoms with E-state index in [0.29, 0.717) is 0 Å². The van der Waals surface area contributed by atoms with Gasteiger partial charge in [-0.2, -0.15) is 5.10 Å². The smallest absolute Gasteiger partial charge is 0.253 e. The van der Waals surface area contributed by atoms with Crippen molar-refractivity contribution in [1.82, 2.24) is 29.5 Å². The predicted octanol–water partition coefficient (Wildman–Crippen LogP) is 2.75. The maximum atomic E-state index is 12.6. The van der Waals surface area contributed by atoms with Crippen molar-refractivity contribution in [2.24, 2.45) is 0 Å². The molecule has 0 unspecified atom stereocenters. The van der Waals surface area contributed by atoms with Gasteiger partial charge in [-0.05, 0) is 36.2 Å². The highest BCUT2D eigenvalue weighted by Crippen LogP contribution is 2.22. The van der Waals surface area contributed by atoms with Gasteiger partial charge in [0.25, 0.3) is 5.91 Å². The summed E-state index contributed by atoms with van der Waals surface area (Å²) in [7, 11) is 0. The van der Waals surface area contributed by atoms with Crippen LogP contribution in [-0.4, -0.2) is 68.2 Å². The average Bonchev–Trinajstić information content (AvgIpc) is 3.48. The summed E-state index contributed by atoms with van der Waals surface area (Å²) in [6.45, 7) is 4.28. The monoisotopic (exact) mass is 400 g/mol. The topological polar surface area (TPSA) is 70.1 Å². The van der Waals surface area contributed by atoms with Crippen LogP contribution < -0.4 is 0 Å². The number of pyridine rings is 1. The molecule has 1 saturated heterocycles. The summed E-state index contributed by atoms with van der Waals surface area (Å²) in [6.07, 6.45) is 8.52. The van der Waals surface area contributed by atoms with Gasteiger partial charge in [-0.25, -0.2) is 4.68 Å². The Morgan fingerprint density at radius 3 is 2.60 bits per heavy atom. The minimum absolute atomic E-state index is 0.127. The SMILES string of the molecule is O=C(c1ccccc1)N1CCN(CCc2c[nH]c3c(-n4cccn4)ccnc23)CC1. The highest BCUT2D eigenvalue weighted by atomic mass is 16.2. The van der Waals surface area contributed by atoms with Crippen LogP contribution in [0, 0.1) is 0 Å². The van der Waals surface area contributed by atoms with E-state index in [4.69, 9.17) is 0 Å². The molecule has 4 heterocycles. The van der Waals surface area contributed by atoms with E-state index in [2.05, 4.69) is 26.2 Å². The lowest BCUT2D eigenvalue weighted by atomic mass is 10.1. The number of amides is 1. The fourth-order valence-corrected chi connectivity index (χ4v) is 4.07. The quantitative estimate of drug-likeness (QED) is 0.559. The van der Waals surface area contributed by atoms with Crippen molar-refractivity contribution < 1.29 is 4.79 Å². The molecule has 4 aromatic rings. The second-order valence-electron chi connectivity index (χ2n) is 7.57. The summed E-state index contributed by atoms with van der Waals surface area (Å²) >= 11 is 0. The molecule has 7 heteroatoms. The maximum Gasteiger partial charge on any atom is 0.253 e. The molecule has 1 aliphatic rings. The molecule has 1 fully saturated rings. The largest absolute Gasteiger partial charge is 0.358 e. The number of nitrogens with one attached hydrogen (secondary N) is 1. The Balaban J connectivity index is 1.21. The number of piperazine rings is 1. The zero-order valence-corrected chi connectivity index (χ0v) is 16.7. The molecule has 3 aromatic heterocycles. The number of carbonyl (C=O) groups is 1. The number of fused-ring (bicyclic) bond motifs is 1. The molecule has 0 spiro atoms. The Morgan fingerprint density at radius 2 is 1.83 bits per heavy atom. The third kappa shape index (κ3) is 3.59. The molecule has 0 radical (unpaired) electrons. The zero-order chi connectivity index (χ0) is 20.3. The van der Waals surface area contributed by atoms with Gasteiger partial charge < -0.3 is 9.88 Å². The van der Waals surface area contributed by atoms with Gasteiger partial charge in [0, 0.05) is 63.1 Å². The average molecular weight is 400 g/mol. The van der Waals surface area contributed by atoms with E-state index in [0.717, 1.165) is 61.4 Å². The van der Waals surface area contributed by atoms with Crippen LogP contribution in [0.15, 0.2) is 67.3 Å². The molecule has 30 heavy (non-hydrogen) atoms. The number of hydrogen-bond donors (Lipinski definition) is 1. The Bertz CT molecular complexity index is 1130. The standard InChI is InChI=1S/C23H24N6O/c30-23(18-5-2-1-3-6-18)28-15-13-27(14-16-28)12-8-19-17-25-22-20(7-10-24-21(19)22)29-11-4-9-26-29/h1-7,9-11,17,25H,8,12-16H2. The maximum absolute atomic E-state index is 12.6. The first kappa shape index (κ1) is 18.6. The van der Waals surface area contributed by atoms with Gasteiger partial charge in [0.2, 0.25) is 0 Å². The van der Waals surface area contributed by atoms with E-state index in [1.807, 2.05) is 64.4 Å². The minimum Gasteiger partial charge on any atom is -0.358 e. The molecule has 1 aromatic carbocycles. The van der Waals surface area contributed by atoms with Crippen LogP contribution in [0.1, 0.15) is 15.9 Å². The molecule has 1 N–H and O–H groups in total. The van der Waals surface area contributed by atoms with E-state index in [9.17, 15) is 4.79 Å². The van der Waals surface area contributed by atoms with E-state index in [1.54, 1.807) is 6.20 Å². The lowest BCUT2D eigenvalue weighted by molar-refractivity contribution is 0.0638. The second kappa shape index (κ2) is 8.12. The number of rotatable bonds is 5. The Labute approximate surface area is 174 Å². The number of benzene rings is 1. The van der Waals surface area contributed by atoms with Gasteiger partial charge in [0.1, 0.15) is 0 Å². The van der Waals surface area contributed by atoms with E-state index < -0.39 is 0 Å². The van der Waals surface area contributed by atoms with Crippen molar-refractivity contribution in [3.05, 3.63) is 78.4 Å². The van der Waals surface area contributed by atoms with Gasteiger partial charge in [-0.15, -0.1) is 0 Å². The molecule has 5 rings (SSSR count). The van der Waals surface area contributed by atoms with E-state index >= 15 is 0 Å². The molecule has 1 amide bonds. The Kier molecular flexibility index (Phi) is 5.03. The zero-order valence-electron chi connectivity index (χ0n) is 16.7.